The highest BCUT2D eigenvalue weighted by Crippen LogP contribution is 2.38. The van der Waals surface area contributed by atoms with Crippen molar-refractivity contribution in [1.82, 2.24) is 0 Å². The minimum Gasteiger partial charge on any atom is -0.496 e. The number of methoxy groups -OCH3 is 1. The number of ether oxygens (including phenoxy) is 2. The number of benzene rings is 1. The standard InChI is InChI=1S/C14H19BrO3/c1-10-14(9-16,5-6-18-10)8-11-3-4-13(17-2)12(15)7-11/h3-4,7,10,16H,5-6,8-9H2,1-2H3. The molecule has 2 atom stereocenters. The summed E-state index contributed by atoms with van der Waals surface area (Å²) in [6.07, 6.45) is 1.84. The monoisotopic (exact) mass is 314 g/mol. The zero-order chi connectivity index (χ0) is 13.2. The van der Waals surface area contributed by atoms with Crippen molar-refractivity contribution in [3.8, 4) is 5.75 Å². The lowest BCUT2D eigenvalue weighted by Crippen LogP contribution is -2.35. The highest BCUT2D eigenvalue weighted by Gasteiger charge is 2.41. The summed E-state index contributed by atoms with van der Waals surface area (Å²) in [7, 11) is 1.65. The van der Waals surface area contributed by atoms with Crippen molar-refractivity contribution in [2.24, 2.45) is 5.41 Å². The van der Waals surface area contributed by atoms with Gasteiger partial charge < -0.3 is 14.6 Å². The average molecular weight is 315 g/mol. The van der Waals surface area contributed by atoms with E-state index in [9.17, 15) is 5.11 Å². The first-order chi connectivity index (χ1) is 8.61. The highest BCUT2D eigenvalue weighted by molar-refractivity contribution is 9.10. The van der Waals surface area contributed by atoms with Crippen LogP contribution in [0.2, 0.25) is 0 Å². The third-order valence-corrected chi connectivity index (χ3v) is 4.54. The van der Waals surface area contributed by atoms with E-state index in [2.05, 4.69) is 22.0 Å². The Hall–Kier alpha value is -0.580. The number of aliphatic hydroxyl groups is 1. The lowest BCUT2D eigenvalue weighted by Gasteiger charge is -2.30. The lowest BCUT2D eigenvalue weighted by atomic mass is 9.77. The van der Waals surface area contributed by atoms with E-state index in [-0.39, 0.29) is 18.1 Å². The molecule has 1 aliphatic rings. The second kappa shape index (κ2) is 5.59. The first kappa shape index (κ1) is 13.8. The maximum absolute atomic E-state index is 9.70. The third kappa shape index (κ3) is 2.56. The molecule has 0 aliphatic carbocycles. The molecule has 0 bridgehead atoms. The highest BCUT2D eigenvalue weighted by atomic mass is 79.9. The largest absolute Gasteiger partial charge is 0.496 e. The Morgan fingerprint density at radius 2 is 2.33 bits per heavy atom. The molecular weight excluding hydrogens is 296 g/mol. The second-order valence-electron chi connectivity index (χ2n) is 4.93. The zero-order valence-electron chi connectivity index (χ0n) is 10.8. The van der Waals surface area contributed by atoms with E-state index < -0.39 is 0 Å². The van der Waals surface area contributed by atoms with Crippen LogP contribution < -0.4 is 4.74 Å². The molecule has 1 fully saturated rings. The summed E-state index contributed by atoms with van der Waals surface area (Å²) in [5.41, 5.74) is 1.04. The van der Waals surface area contributed by atoms with E-state index in [0.29, 0.717) is 0 Å². The summed E-state index contributed by atoms with van der Waals surface area (Å²) >= 11 is 3.49. The van der Waals surface area contributed by atoms with Crippen LogP contribution in [-0.2, 0) is 11.2 Å². The smallest absolute Gasteiger partial charge is 0.133 e. The predicted molar refractivity (Wildman–Crippen MR) is 73.9 cm³/mol. The molecule has 0 amide bonds. The summed E-state index contributed by atoms with van der Waals surface area (Å²) in [6.45, 7) is 2.94. The van der Waals surface area contributed by atoms with Crippen molar-refractivity contribution >= 4 is 15.9 Å². The van der Waals surface area contributed by atoms with E-state index in [1.54, 1.807) is 7.11 Å². The van der Waals surface area contributed by atoms with Gasteiger partial charge in [-0.3, -0.25) is 0 Å². The molecule has 2 unspecified atom stereocenters. The van der Waals surface area contributed by atoms with Crippen molar-refractivity contribution in [2.45, 2.75) is 25.9 Å². The normalized spacial score (nSPS) is 27.4. The first-order valence-electron chi connectivity index (χ1n) is 6.16. The molecule has 4 heteroatoms. The van der Waals surface area contributed by atoms with Crippen molar-refractivity contribution < 1.29 is 14.6 Å². The van der Waals surface area contributed by atoms with Crippen LogP contribution in [0.1, 0.15) is 18.9 Å². The average Bonchev–Trinajstić information content (AvgIpc) is 2.72. The van der Waals surface area contributed by atoms with Crippen molar-refractivity contribution in [3.05, 3.63) is 28.2 Å². The SMILES string of the molecule is COc1ccc(CC2(CO)CCOC2C)cc1Br. The Kier molecular flexibility index (Phi) is 4.30. The molecule has 3 nitrogen and oxygen atoms in total. The molecule has 100 valence electrons. The van der Waals surface area contributed by atoms with E-state index in [1.165, 1.54) is 5.56 Å². The third-order valence-electron chi connectivity index (χ3n) is 3.92. The predicted octanol–water partition coefficient (Wildman–Crippen LogP) is 2.79. The Morgan fingerprint density at radius 3 is 2.83 bits per heavy atom. The van der Waals surface area contributed by atoms with E-state index >= 15 is 0 Å². The van der Waals surface area contributed by atoms with Gasteiger partial charge in [0.05, 0.1) is 24.3 Å². The summed E-state index contributed by atoms with van der Waals surface area (Å²) in [6, 6.07) is 6.05. The van der Waals surface area contributed by atoms with Gasteiger partial charge in [0.1, 0.15) is 5.75 Å². The molecule has 0 radical (unpaired) electrons. The summed E-state index contributed by atoms with van der Waals surface area (Å²) in [4.78, 5) is 0. The van der Waals surface area contributed by atoms with Crippen LogP contribution in [0.25, 0.3) is 0 Å². The van der Waals surface area contributed by atoms with Gasteiger partial charge in [0.15, 0.2) is 0 Å². The van der Waals surface area contributed by atoms with Crippen LogP contribution in [0.3, 0.4) is 0 Å². The molecule has 1 aromatic rings. The molecule has 0 saturated carbocycles. The molecule has 1 aliphatic heterocycles. The Bertz CT molecular complexity index is 422. The molecule has 2 rings (SSSR count). The maximum atomic E-state index is 9.70. The summed E-state index contributed by atoms with van der Waals surface area (Å²) < 4.78 is 11.8. The fourth-order valence-corrected chi connectivity index (χ4v) is 3.13. The van der Waals surface area contributed by atoms with Gasteiger partial charge in [-0.05, 0) is 53.4 Å². The van der Waals surface area contributed by atoms with Crippen LogP contribution in [0, 0.1) is 5.41 Å². The molecule has 1 saturated heterocycles. The molecule has 0 aromatic heterocycles. The quantitative estimate of drug-likeness (QED) is 0.928. The lowest BCUT2D eigenvalue weighted by molar-refractivity contribution is 0.0272. The maximum Gasteiger partial charge on any atom is 0.133 e. The number of halogens is 1. The Morgan fingerprint density at radius 1 is 1.56 bits per heavy atom. The second-order valence-corrected chi connectivity index (χ2v) is 5.78. The summed E-state index contributed by atoms with van der Waals surface area (Å²) in [5, 5.41) is 9.70. The van der Waals surface area contributed by atoms with Gasteiger partial charge in [0.25, 0.3) is 0 Å². The zero-order valence-corrected chi connectivity index (χ0v) is 12.4. The number of hydrogen-bond donors (Lipinski definition) is 1. The molecule has 1 N–H and O–H groups in total. The minimum absolute atomic E-state index is 0.100. The van der Waals surface area contributed by atoms with Gasteiger partial charge >= 0.3 is 0 Å². The van der Waals surface area contributed by atoms with Crippen molar-refractivity contribution in [3.63, 3.8) is 0 Å². The number of rotatable bonds is 4. The topological polar surface area (TPSA) is 38.7 Å². The summed E-state index contributed by atoms with van der Waals surface area (Å²) in [5.74, 6) is 0.826. The number of hydrogen-bond acceptors (Lipinski definition) is 3. The van der Waals surface area contributed by atoms with Crippen molar-refractivity contribution in [2.75, 3.05) is 20.3 Å². The van der Waals surface area contributed by atoms with Crippen LogP contribution in [-0.4, -0.2) is 31.5 Å². The molecule has 1 aromatic carbocycles. The fraction of sp³-hybridized carbons (Fsp3) is 0.571. The van der Waals surface area contributed by atoms with Gasteiger partial charge in [-0.15, -0.1) is 0 Å². The van der Waals surface area contributed by atoms with Gasteiger partial charge in [0.2, 0.25) is 0 Å². The van der Waals surface area contributed by atoms with E-state index in [1.807, 2.05) is 19.1 Å². The van der Waals surface area contributed by atoms with Gasteiger partial charge in [0, 0.05) is 12.0 Å². The minimum atomic E-state index is -0.145. The van der Waals surface area contributed by atoms with Gasteiger partial charge in [-0.25, -0.2) is 0 Å². The first-order valence-corrected chi connectivity index (χ1v) is 6.95. The van der Waals surface area contributed by atoms with Gasteiger partial charge in [-0.2, -0.15) is 0 Å². The van der Waals surface area contributed by atoms with Crippen LogP contribution in [0.4, 0.5) is 0 Å². The molecule has 0 spiro atoms. The molecule has 1 heterocycles. The molecule has 18 heavy (non-hydrogen) atoms. The number of aliphatic hydroxyl groups excluding tert-OH is 1. The van der Waals surface area contributed by atoms with Crippen LogP contribution in [0.15, 0.2) is 22.7 Å². The Labute approximate surface area is 116 Å². The fourth-order valence-electron chi connectivity index (χ4n) is 2.54. The van der Waals surface area contributed by atoms with Crippen molar-refractivity contribution in [1.29, 1.82) is 0 Å². The van der Waals surface area contributed by atoms with E-state index in [0.717, 1.165) is 29.7 Å². The van der Waals surface area contributed by atoms with Crippen LogP contribution in [0.5, 0.6) is 5.75 Å². The van der Waals surface area contributed by atoms with Gasteiger partial charge in [-0.1, -0.05) is 6.07 Å². The van der Waals surface area contributed by atoms with Crippen LogP contribution >= 0.6 is 15.9 Å². The Balaban J connectivity index is 2.20. The van der Waals surface area contributed by atoms with E-state index in [4.69, 9.17) is 9.47 Å². The molecular formula is C14H19BrO3.